The molecule has 6 rings (SSSR count). The van der Waals surface area contributed by atoms with Gasteiger partial charge in [0, 0.05) is 50.6 Å². The molecule has 0 atom stereocenters. The molecule has 6 nitrogen and oxygen atoms in total. The van der Waals surface area contributed by atoms with Gasteiger partial charge in [0.2, 0.25) is 0 Å². The second-order valence-electron chi connectivity index (χ2n) is 10.4. The Kier molecular flexibility index (Phi) is 7.33. The van der Waals surface area contributed by atoms with Gasteiger partial charge >= 0.3 is 0 Å². The predicted octanol–water partition coefficient (Wildman–Crippen LogP) is 7.33. The van der Waals surface area contributed by atoms with Crippen molar-refractivity contribution in [1.82, 2.24) is 14.8 Å². The Morgan fingerprint density at radius 1 is 0.872 bits per heavy atom. The molecule has 3 heterocycles. The van der Waals surface area contributed by atoms with Gasteiger partial charge in [-0.3, -0.25) is 0 Å². The van der Waals surface area contributed by atoms with Crippen LogP contribution in [0, 0.1) is 25.7 Å². The van der Waals surface area contributed by atoms with Gasteiger partial charge in [0.25, 0.3) is 0 Å². The number of aryl methyl sites for hydroxylation is 1. The molecular weight excluding hydrogens is 665 g/mol. The Hall–Kier alpha value is -3.89. The first-order valence-corrected chi connectivity index (χ1v) is 12.6. The Labute approximate surface area is 243 Å². The standard InChI is InChI=1S/C32H28N5O.Pt/c1-23-8-11-26(12-9-23)35-16-17-36(22-35)27-6-5-7-28(19-27)38-29-13-10-24-21-34-37(30(24)20-29)31-18-25(14-15-33-31)32(2,3)4;/h5-18,21-22H,1-4H3;/q-3;. The number of anilines is 2. The van der Waals surface area contributed by atoms with E-state index in [-0.39, 0.29) is 26.5 Å². The Bertz CT molecular complexity index is 1640. The van der Waals surface area contributed by atoms with E-state index >= 15 is 0 Å². The average Bonchev–Trinajstić information content (AvgIpc) is 3.57. The zero-order chi connectivity index (χ0) is 26.3. The third-order valence-electron chi connectivity index (χ3n) is 6.50. The molecule has 1 aliphatic rings. The van der Waals surface area contributed by atoms with Crippen LogP contribution in [0.25, 0.3) is 16.7 Å². The minimum absolute atomic E-state index is 0. The van der Waals surface area contributed by atoms with Crippen molar-refractivity contribution in [1.29, 1.82) is 0 Å². The molecule has 0 saturated carbocycles. The van der Waals surface area contributed by atoms with E-state index in [9.17, 15) is 0 Å². The van der Waals surface area contributed by atoms with E-state index in [4.69, 9.17) is 4.74 Å². The number of fused-ring (bicyclic) bond motifs is 1. The maximum Gasteiger partial charge on any atom is 0.151 e. The summed E-state index contributed by atoms with van der Waals surface area (Å²) < 4.78 is 8.01. The van der Waals surface area contributed by atoms with Crippen LogP contribution in [0.1, 0.15) is 31.9 Å². The van der Waals surface area contributed by atoms with Crippen molar-refractivity contribution >= 4 is 22.3 Å². The van der Waals surface area contributed by atoms with Gasteiger partial charge in [0.15, 0.2) is 5.82 Å². The van der Waals surface area contributed by atoms with Crippen molar-refractivity contribution < 1.29 is 25.8 Å². The summed E-state index contributed by atoms with van der Waals surface area (Å²) in [5.41, 5.74) is 5.23. The molecule has 0 radical (unpaired) electrons. The number of benzene rings is 3. The molecule has 0 amide bonds. The number of rotatable bonds is 5. The summed E-state index contributed by atoms with van der Waals surface area (Å²) in [6.45, 7) is 10.7. The van der Waals surface area contributed by atoms with Crippen molar-refractivity contribution in [2.24, 2.45) is 0 Å². The monoisotopic (exact) mass is 693 g/mol. The molecule has 3 aromatic carbocycles. The molecule has 0 saturated heterocycles. The van der Waals surface area contributed by atoms with E-state index in [1.165, 1.54) is 11.1 Å². The Balaban J connectivity index is 0.00000308. The first kappa shape index (κ1) is 26.7. The van der Waals surface area contributed by atoms with Crippen LogP contribution < -0.4 is 14.5 Å². The van der Waals surface area contributed by atoms with Crippen LogP contribution in [0.2, 0.25) is 0 Å². The van der Waals surface area contributed by atoms with E-state index in [1.54, 1.807) is 4.68 Å². The number of hydrogen-bond acceptors (Lipinski definition) is 5. The van der Waals surface area contributed by atoms with Crippen LogP contribution in [0.4, 0.5) is 11.4 Å². The SMILES string of the molecule is Cc1ccc(N2C=CN(c3[c-]c(Oc4[c-]c5c(cc4)cnn5-c4cc(C(C)(C)C)ccn4)ccc3)[CH-]2)cc1.[Pt]. The van der Waals surface area contributed by atoms with E-state index in [0.717, 1.165) is 28.1 Å². The first-order valence-electron chi connectivity index (χ1n) is 12.6. The van der Waals surface area contributed by atoms with Crippen LogP contribution in [0.15, 0.2) is 91.5 Å². The molecule has 0 N–H and O–H groups in total. The molecular formula is C32H28N5OPt-3. The second kappa shape index (κ2) is 10.7. The Morgan fingerprint density at radius 3 is 2.44 bits per heavy atom. The molecule has 39 heavy (non-hydrogen) atoms. The summed E-state index contributed by atoms with van der Waals surface area (Å²) in [5.74, 6) is 1.94. The number of aromatic nitrogens is 3. The minimum atomic E-state index is 0. The molecule has 0 unspecified atom stereocenters. The summed E-state index contributed by atoms with van der Waals surface area (Å²) in [6.07, 6.45) is 7.68. The van der Waals surface area contributed by atoms with Crippen molar-refractivity contribution in [3.8, 4) is 17.3 Å². The summed E-state index contributed by atoms with van der Waals surface area (Å²) >= 11 is 0. The van der Waals surface area contributed by atoms with Crippen LogP contribution in [-0.2, 0) is 26.5 Å². The maximum atomic E-state index is 6.20. The van der Waals surface area contributed by atoms with E-state index in [1.807, 2.05) is 72.8 Å². The molecule has 0 aliphatic carbocycles. The van der Waals surface area contributed by atoms with Crippen LogP contribution in [0.5, 0.6) is 11.5 Å². The fourth-order valence-electron chi connectivity index (χ4n) is 4.30. The van der Waals surface area contributed by atoms with Crippen molar-refractivity contribution in [2.45, 2.75) is 33.1 Å². The maximum absolute atomic E-state index is 6.20. The van der Waals surface area contributed by atoms with Gasteiger partial charge in [-0.05, 0) is 60.1 Å². The number of ether oxygens (including phenoxy) is 1. The molecule has 2 aromatic heterocycles. The minimum Gasteiger partial charge on any atom is -0.509 e. The van der Waals surface area contributed by atoms with E-state index in [0.29, 0.717) is 11.5 Å². The molecule has 7 heteroatoms. The topological polar surface area (TPSA) is 46.4 Å². The fraction of sp³-hybridized carbons (Fsp3) is 0.156. The molecule has 5 aromatic rings. The third-order valence-corrected chi connectivity index (χ3v) is 6.50. The molecule has 1 aliphatic heterocycles. The zero-order valence-electron chi connectivity index (χ0n) is 22.2. The molecule has 0 bridgehead atoms. The summed E-state index contributed by atoms with van der Waals surface area (Å²) in [4.78, 5) is 8.65. The van der Waals surface area contributed by atoms with Crippen molar-refractivity contribution in [3.05, 3.63) is 121 Å². The van der Waals surface area contributed by atoms with Gasteiger partial charge in [0.05, 0.1) is 0 Å². The molecule has 200 valence electrons. The summed E-state index contributed by atoms with van der Waals surface area (Å²) in [7, 11) is 0. The average molecular weight is 694 g/mol. The van der Waals surface area contributed by atoms with Crippen LogP contribution in [0.3, 0.4) is 0 Å². The van der Waals surface area contributed by atoms with Gasteiger partial charge in [-0.15, -0.1) is 42.7 Å². The van der Waals surface area contributed by atoms with Crippen molar-refractivity contribution in [3.63, 3.8) is 0 Å². The van der Waals surface area contributed by atoms with Gasteiger partial charge in [-0.25, -0.2) is 9.67 Å². The number of pyridine rings is 1. The van der Waals surface area contributed by atoms with Crippen LogP contribution in [-0.4, -0.2) is 14.8 Å². The van der Waals surface area contributed by atoms with Gasteiger partial charge in [-0.1, -0.05) is 43.9 Å². The Morgan fingerprint density at radius 2 is 1.64 bits per heavy atom. The molecule has 0 fully saturated rings. The first-order chi connectivity index (χ1) is 18.3. The second-order valence-corrected chi connectivity index (χ2v) is 10.4. The largest absolute Gasteiger partial charge is 0.509 e. The molecule has 0 spiro atoms. The number of nitrogens with zero attached hydrogens (tertiary/aromatic N) is 5. The van der Waals surface area contributed by atoms with Crippen LogP contribution >= 0.6 is 0 Å². The van der Waals surface area contributed by atoms with E-state index < -0.39 is 0 Å². The van der Waals surface area contributed by atoms with Gasteiger partial charge in [-0.2, -0.15) is 17.2 Å². The van der Waals surface area contributed by atoms with E-state index in [2.05, 4.69) is 85.1 Å². The summed E-state index contributed by atoms with van der Waals surface area (Å²) in [6, 6.07) is 29.0. The fourth-order valence-corrected chi connectivity index (χ4v) is 4.30. The third kappa shape index (κ3) is 5.62. The van der Waals surface area contributed by atoms with Gasteiger partial charge < -0.3 is 14.5 Å². The normalized spacial score (nSPS) is 13.1. The van der Waals surface area contributed by atoms with Gasteiger partial charge in [0.1, 0.15) is 0 Å². The number of hydrogen-bond donors (Lipinski definition) is 0. The predicted molar refractivity (Wildman–Crippen MR) is 151 cm³/mol. The zero-order valence-corrected chi connectivity index (χ0v) is 24.5. The smallest absolute Gasteiger partial charge is 0.151 e. The quantitative estimate of drug-likeness (QED) is 0.181. The summed E-state index contributed by atoms with van der Waals surface area (Å²) in [5, 5.41) is 5.54. The van der Waals surface area contributed by atoms with Crippen molar-refractivity contribution in [2.75, 3.05) is 9.80 Å².